The zero-order chi connectivity index (χ0) is 17.6. The molecule has 2 aromatic carbocycles. The molecule has 3 rings (SSSR count). The Morgan fingerprint density at radius 1 is 1.00 bits per heavy atom. The number of para-hydroxylation sites is 1. The summed E-state index contributed by atoms with van der Waals surface area (Å²) in [5.41, 5.74) is 0.557. The number of nitrogens with zero attached hydrogens (tertiary/aromatic N) is 3. The van der Waals surface area contributed by atoms with Crippen LogP contribution in [0.2, 0.25) is 0 Å². The van der Waals surface area contributed by atoms with Crippen LogP contribution >= 0.6 is 0 Å². The van der Waals surface area contributed by atoms with Crippen molar-refractivity contribution in [1.29, 1.82) is 0 Å². The van der Waals surface area contributed by atoms with Crippen LogP contribution in [0.5, 0.6) is 0 Å². The topological polar surface area (TPSA) is 88.9 Å². The van der Waals surface area contributed by atoms with E-state index in [0.717, 1.165) is 0 Å². The van der Waals surface area contributed by atoms with Crippen LogP contribution in [0.1, 0.15) is 10.4 Å². The van der Waals surface area contributed by atoms with Gasteiger partial charge in [0.05, 0.1) is 5.69 Å². The fraction of sp³-hybridized carbons (Fsp3) is 0.0588. The van der Waals surface area contributed by atoms with Gasteiger partial charge in [-0.25, -0.2) is 14.1 Å². The first-order valence-corrected chi connectivity index (χ1v) is 7.42. The van der Waals surface area contributed by atoms with Crippen LogP contribution in [-0.4, -0.2) is 26.6 Å². The molecule has 0 saturated heterocycles. The summed E-state index contributed by atoms with van der Waals surface area (Å²) in [4.78, 5) is 27.9. The third kappa shape index (κ3) is 4.25. The Kier molecular flexibility index (Phi) is 4.79. The molecule has 0 bridgehead atoms. The SMILES string of the molecule is O=C(Cn1cnc(NC(=O)c2ccccc2)n1)Nc1ccccc1F. The summed E-state index contributed by atoms with van der Waals surface area (Å²) in [5, 5.41) is 8.98. The molecular formula is C17H14FN5O2. The summed E-state index contributed by atoms with van der Waals surface area (Å²) >= 11 is 0. The number of carbonyl (C=O) groups is 2. The van der Waals surface area contributed by atoms with Crippen molar-refractivity contribution in [2.45, 2.75) is 6.54 Å². The monoisotopic (exact) mass is 339 g/mol. The second kappa shape index (κ2) is 7.35. The first kappa shape index (κ1) is 16.3. The molecule has 0 unspecified atom stereocenters. The summed E-state index contributed by atoms with van der Waals surface area (Å²) in [6.45, 7) is -0.164. The second-order valence-corrected chi connectivity index (χ2v) is 5.11. The van der Waals surface area contributed by atoms with E-state index in [1.54, 1.807) is 36.4 Å². The smallest absolute Gasteiger partial charge is 0.258 e. The van der Waals surface area contributed by atoms with E-state index in [-0.39, 0.29) is 24.1 Å². The van der Waals surface area contributed by atoms with Gasteiger partial charge in [-0.15, -0.1) is 5.10 Å². The van der Waals surface area contributed by atoms with E-state index in [0.29, 0.717) is 5.56 Å². The molecular weight excluding hydrogens is 325 g/mol. The number of benzene rings is 2. The quantitative estimate of drug-likeness (QED) is 0.746. The van der Waals surface area contributed by atoms with Crippen molar-refractivity contribution in [1.82, 2.24) is 14.8 Å². The highest BCUT2D eigenvalue weighted by atomic mass is 19.1. The highest BCUT2D eigenvalue weighted by Gasteiger charge is 2.11. The van der Waals surface area contributed by atoms with Crippen LogP contribution in [0.25, 0.3) is 0 Å². The number of halogens is 1. The van der Waals surface area contributed by atoms with Gasteiger partial charge in [-0.1, -0.05) is 30.3 Å². The van der Waals surface area contributed by atoms with Gasteiger partial charge in [-0.3, -0.25) is 14.9 Å². The van der Waals surface area contributed by atoms with Gasteiger partial charge in [0.25, 0.3) is 5.91 Å². The number of nitrogens with one attached hydrogen (secondary N) is 2. The summed E-state index contributed by atoms with van der Waals surface area (Å²) < 4.78 is 14.7. The maximum absolute atomic E-state index is 13.5. The minimum atomic E-state index is -0.523. The number of amides is 2. The summed E-state index contributed by atoms with van der Waals surface area (Å²) in [6.07, 6.45) is 1.31. The fourth-order valence-corrected chi connectivity index (χ4v) is 2.09. The lowest BCUT2D eigenvalue weighted by atomic mass is 10.2. The van der Waals surface area contributed by atoms with Crippen LogP contribution in [0, 0.1) is 5.82 Å². The molecule has 3 aromatic rings. The van der Waals surface area contributed by atoms with E-state index in [9.17, 15) is 14.0 Å². The van der Waals surface area contributed by atoms with Crippen molar-refractivity contribution >= 4 is 23.5 Å². The molecule has 2 amide bonds. The highest BCUT2D eigenvalue weighted by Crippen LogP contribution is 2.12. The Hall–Kier alpha value is -3.55. The minimum absolute atomic E-state index is 0.0764. The Morgan fingerprint density at radius 2 is 1.72 bits per heavy atom. The maximum Gasteiger partial charge on any atom is 0.258 e. The maximum atomic E-state index is 13.5. The number of hydrogen-bond donors (Lipinski definition) is 2. The van der Waals surface area contributed by atoms with Gasteiger partial charge >= 0.3 is 0 Å². The number of hydrogen-bond acceptors (Lipinski definition) is 4. The van der Waals surface area contributed by atoms with Gasteiger partial charge in [-0.05, 0) is 24.3 Å². The molecule has 2 N–H and O–H groups in total. The first-order chi connectivity index (χ1) is 12.1. The lowest BCUT2D eigenvalue weighted by Gasteiger charge is -2.05. The van der Waals surface area contributed by atoms with E-state index >= 15 is 0 Å². The zero-order valence-electron chi connectivity index (χ0n) is 13.0. The number of anilines is 2. The molecule has 0 aliphatic rings. The summed E-state index contributed by atoms with van der Waals surface area (Å²) in [7, 11) is 0. The molecule has 0 aliphatic carbocycles. The van der Waals surface area contributed by atoms with E-state index in [1.165, 1.54) is 29.2 Å². The molecule has 1 aromatic heterocycles. The lowest BCUT2D eigenvalue weighted by molar-refractivity contribution is -0.116. The third-order valence-electron chi connectivity index (χ3n) is 3.25. The molecule has 8 heteroatoms. The Morgan fingerprint density at radius 3 is 2.48 bits per heavy atom. The molecule has 0 saturated carbocycles. The first-order valence-electron chi connectivity index (χ1n) is 7.42. The minimum Gasteiger partial charge on any atom is -0.322 e. The van der Waals surface area contributed by atoms with E-state index in [4.69, 9.17) is 0 Å². The molecule has 0 fully saturated rings. The Labute approximate surface area is 142 Å². The van der Waals surface area contributed by atoms with Crippen molar-refractivity contribution in [3.63, 3.8) is 0 Å². The molecule has 0 spiro atoms. The molecule has 0 atom stereocenters. The Bertz CT molecular complexity index is 895. The van der Waals surface area contributed by atoms with Crippen molar-refractivity contribution in [3.05, 3.63) is 72.3 Å². The van der Waals surface area contributed by atoms with Crippen LogP contribution in [-0.2, 0) is 11.3 Å². The van der Waals surface area contributed by atoms with Gasteiger partial charge in [0.2, 0.25) is 11.9 Å². The van der Waals surface area contributed by atoms with Crippen LogP contribution in [0.4, 0.5) is 16.0 Å². The third-order valence-corrected chi connectivity index (χ3v) is 3.25. The number of carbonyl (C=O) groups excluding carboxylic acids is 2. The van der Waals surface area contributed by atoms with E-state index in [1.807, 2.05) is 0 Å². The van der Waals surface area contributed by atoms with Gasteiger partial charge in [-0.2, -0.15) is 0 Å². The predicted octanol–water partition coefficient (Wildman–Crippen LogP) is 2.31. The normalized spacial score (nSPS) is 10.3. The lowest BCUT2D eigenvalue weighted by Crippen LogP contribution is -2.20. The van der Waals surface area contributed by atoms with E-state index in [2.05, 4.69) is 20.7 Å². The van der Waals surface area contributed by atoms with Gasteiger partial charge in [0, 0.05) is 5.56 Å². The van der Waals surface area contributed by atoms with Crippen molar-refractivity contribution < 1.29 is 14.0 Å². The standard InChI is InChI=1S/C17H14FN5O2/c18-13-8-4-5-9-14(13)20-15(24)10-23-11-19-17(22-23)21-16(25)12-6-2-1-3-7-12/h1-9,11H,10H2,(H,20,24)(H,21,22,25). The molecule has 0 aliphatic heterocycles. The van der Waals surface area contributed by atoms with E-state index < -0.39 is 11.7 Å². The van der Waals surface area contributed by atoms with Crippen LogP contribution in [0.15, 0.2) is 60.9 Å². The highest BCUT2D eigenvalue weighted by molar-refractivity contribution is 6.03. The number of aromatic nitrogens is 3. The molecule has 7 nitrogen and oxygen atoms in total. The van der Waals surface area contributed by atoms with Crippen molar-refractivity contribution in [2.75, 3.05) is 10.6 Å². The molecule has 1 heterocycles. The van der Waals surface area contributed by atoms with Crippen LogP contribution < -0.4 is 10.6 Å². The van der Waals surface area contributed by atoms with Gasteiger partial charge in [0.15, 0.2) is 0 Å². The molecule has 126 valence electrons. The average Bonchev–Trinajstić information content (AvgIpc) is 3.04. The Balaban J connectivity index is 1.59. The summed E-state index contributed by atoms with van der Waals surface area (Å²) in [6, 6.07) is 14.5. The molecule has 25 heavy (non-hydrogen) atoms. The van der Waals surface area contributed by atoms with Crippen molar-refractivity contribution in [3.8, 4) is 0 Å². The number of rotatable bonds is 5. The zero-order valence-corrected chi connectivity index (χ0v) is 13.0. The molecule has 0 radical (unpaired) electrons. The van der Waals surface area contributed by atoms with Gasteiger partial charge in [0.1, 0.15) is 18.7 Å². The van der Waals surface area contributed by atoms with Gasteiger partial charge < -0.3 is 5.32 Å². The largest absolute Gasteiger partial charge is 0.322 e. The second-order valence-electron chi connectivity index (χ2n) is 5.11. The average molecular weight is 339 g/mol. The predicted molar refractivity (Wildman–Crippen MR) is 89.4 cm³/mol. The summed E-state index contributed by atoms with van der Waals surface area (Å²) in [5.74, 6) is -1.26. The van der Waals surface area contributed by atoms with Crippen LogP contribution in [0.3, 0.4) is 0 Å². The van der Waals surface area contributed by atoms with Crippen molar-refractivity contribution in [2.24, 2.45) is 0 Å². The fourth-order valence-electron chi connectivity index (χ4n) is 2.09.